The van der Waals surface area contributed by atoms with E-state index < -0.39 is 11.8 Å². The van der Waals surface area contributed by atoms with Crippen LogP contribution < -0.4 is 15.8 Å². The summed E-state index contributed by atoms with van der Waals surface area (Å²) in [5, 5.41) is 3.00. The number of ether oxygens (including phenoxy) is 1. The fourth-order valence-corrected chi connectivity index (χ4v) is 3.33. The van der Waals surface area contributed by atoms with Crippen LogP contribution in [0.4, 0.5) is 5.69 Å². The summed E-state index contributed by atoms with van der Waals surface area (Å²) in [4.78, 5) is 28.9. The van der Waals surface area contributed by atoms with Crippen LogP contribution in [0.1, 0.15) is 32.0 Å². The number of primary amides is 1. The minimum atomic E-state index is -0.612. The molecule has 2 aromatic heterocycles. The van der Waals surface area contributed by atoms with Gasteiger partial charge in [0.05, 0.1) is 22.0 Å². The van der Waals surface area contributed by atoms with Gasteiger partial charge in [-0.15, -0.1) is 0 Å². The molecule has 0 radical (unpaired) electrons. The number of amides is 2. The number of hydrogen-bond acceptors (Lipinski definition) is 4. The molecule has 0 unspecified atom stereocenters. The number of nitrogens with zero attached hydrogens (tertiary/aromatic N) is 2. The van der Waals surface area contributed by atoms with Gasteiger partial charge >= 0.3 is 0 Å². The molecule has 0 aliphatic rings. The third-order valence-electron chi connectivity index (χ3n) is 4.73. The Labute approximate surface area is 183 Å². The summed E-state index contributed by atoms with van der Waals surface area (Å²) in [6.45, 7) is 2.19. The van der Waals surface area contributed by atoms with Crippen molar-refractivity contribution in [2.24, 2.45) is 5.73 Å². The van der Waals surface area contributed by atoms with E-state index >= 15 is 0 Å². The lowest BCUT2D eigenvalue weighted by molar-refractivity contribution is 0.0995. The van der Waals surface area contributed by atoms with Crippen LogP contribution in [0, 0.1) is 6.92 Å². The Morgan fingerprint density at radius 3 is 2.74 bits per heavy atom. The number of aromatic nitrogens is 2. The third-order valence-corrected chi connectivity index (χ3v) is 5.06. The van der Waals surface area contributed by atoms with E-state index in [2.05, 4.69) is 10.3 Å². The van der Waals surface area contributed by atoms with Crippen molar-refractivity contribution in [2.75, 3.05) is 5.32 Å². The molecular formula is C23H19ClN4O3. The summed E-state index contributed by atoms with van der Waals surface area (Å²) in [6, 6.07) is 15.2. The van der Waals surface area contributed by atoms with Crippen LogP contribution in [-0.2, 0) is 6.61 Å². The summed E-state index contributed by atoms with van der Waals surface area (Å²) in [7, 11) is 0. The number of rotatable bonds is 6. The molecular weight excluding hydrogens is 416 g/mol. The van der Waals surface area contributed by atoms with Crippen LogP contribution in [-0.4, -0.2) is 21.2 Å². The van der Waals surface area contributed by atoms with Crippen molar-refractivity contribution in [1.82, 2.24) is 9.38 Å². The summed E-state index contributed by atoms with van der Waals surface area (Å²) in [6.07, 6.45) is 3.81. The van der Waals surface area contributed by atoms with Gasteiger partial charge in [0, 0.05) is 18.0 Å². The van der Waals surface area contributed by atoms with Gasteiger partial charge in [-0.2, -0.15) is 0 Å². The zero-order chi connectivity index (χ0) is 22.0. The van der Waals surface area contributed by atoms with Gasteiger partial charge in [-0.3, -0.25) is 9.59 Å². The maximum absolute atomic E-state index is 12.9. The zero-order valence-electron chi connectivity index (χ0n) is 16.6. The zero-order valence-corrected chi connectivity index (χ0v) is 17.4. The molecule has 0 aliphatic carbocycles. The quantitative estimate of drug-likeness (QED) is 0.474. The highest BCUT2D eigenvalue weighted by atomic mass is 35.5. The summed E-state index contributed by atoms with van der Waals surface area (Å²) >= 11 is 6.16. The second-order valence-corrected chi connectivity index (χ2v) is 7.36. The van der Waals surface area contributed by atoms with Crippen molar-refractivity contribution in [3.8, 4) is 5.75 Å². The molecule has 2 amide bonds. The van der Waals surface area contributed by atoms with E-state index in [1.54, 1.807) is 24.3 Å². The molecule has 0 atom stereocenters. The predicted octanol–water partition coefficient (Wildman–Crippen LogP) is 4.23. The fourth-order valence-electron chi connectivity index (χ4n) is 3.17. The van der Waals surface area contributed by atoms with E-state index in [0.717, 1.165) is 16.9 Å². The van der Waals surface area contributed by atoms with Crippen LogP contribution in [0.5, 0.6) is 5.75 Å². The van der Waals surface area contributed by atoms with Gasteiger partial charge in [-0.25, -0.2) is 4.98 Å². The van der Waals surface area contributed by atoms with Crippen LogP contribution >= 0.6 is 11.6 Å². The number of imidazole rings is 1. The number of pyridine rings is 1. The molecule has 0 fully saturated rings. The molecule has 0 saturated heterocycles. The minimum Gasteiger partial charge on any atom is -0.486 e. The SMILES string of the molecule is Cc1cccn2cc(COc3ccccc3C(=O)Nc3cc(C(N)=O)ccc3Cl)nc12. The van der Waals surface area contributed by atoms with Crippen molar-refractivity contribution in [2.45, 2.75) is 13.5 Å². The normalized spacial score (nSPS) is 10.8. The first kappa shape index (κ1) is 20.4. The number of para-hydroxylation sites is 1. The van der Waals surface area contributed by atoms with Gasteiger partial charge in [-0.1, -0.05) is 29.8 Å². The number of nitrogens with one attached hydrogen (secondary N) is 1. The second-order valence-electron chi connectivity index (χ2n) is 6.95. The molecule has 2 heterocycles. The molecule has 0 saturated carbocycles. The standard InChI is InChI=1S/C23H19ClN4O3/c1-14-5-4-10-28-12-16(26-22(14)28)13-31-20-7-3-2-6-17(20)23(30)27-19-11-15(21(25)29)8-9-18(19)24/h2-12H,13H2,1H3,(H2,25,29)(H,27,30). The molecule has 4 rings (SSSR count). The van der Waals surface area contributed by atoms with Crippen molar-refractivity contribution in [1.29, 1.82) is 0 Å². The first-order valence-corrected chi connectivity index (χ1v) is 9.86. The minimum absolute atomic E-state index is 0.198. The maximum atomic E-state index is 12.9. The molecule has 3 N–H and O–H groups in total. The highest BCUT2D eigenvalue weighted by molar-refractivity contribution is 6.34. The number of hydrogen-bond donors (Lipinski definition) is 2. The lowest BCUT2D eigenvalue weighted by atomic mass is 10.1. The first-order valence-electron chi connectivity index (χ1n) is 9.48. The highest BCUT2D eigenvalue weighted by Crippen LogP contribution is 2.26. The Balaban J connectivity index is 1.54. The van der Waals surface area contributed by atoms with Gasteiger partial charge in [0.15, 0.2) is 0 Å². The van der Waals surface area contributed by atoms with E-state index in [-0.39, 0.29) is 22.9 Å². The number of halogens is 1. The second kappa shape index (κ2) is 8.49. The Hall–Kier alpha value is -3.84. The smallest absolute Gasteiger partial charge is 0.259 e. The predicted molar refractivity (Wildman–Crippen MR) is 119 cm³/mol. The van der Waals surface area contributed by atoms with Crippen LogP contribution in [0.15, 0.2) is 67.0 Å². The monoisotopic (exact) mass is 434 g/mol. The maximum Gasteiger partial charge on any atom is 0.259 e. The number of carbonyl (C=O) groups excluding carboxylic acids is 2. The summed E-state index contributed by atoms with van der Waals surface area (Å²) in [5.41, 5.74) is 8.81. The number of aryl methyl sites for hydroxylation is 1. The fraction of sp³-hybridized carbons (Fsp3) is 0.0870. The number of carbonyl (C=O) groups is 2. The van der Waals surface area contributed by atoms with Gasteiger partial charge in [0.2, 0.25) is 5.91 Å². The third kappa shape index (κ3) is 4.36. The number of nitrogens with two attached hydrogens (primary N) is 1. The average molecular weight is 435 g/mol. The van der Waals surface area contributed by atoms with Gasteiger partial charge in [0.1, 0.15) is 18.0 Å². The van der Waals surface area contributed by atoms with Crippen LogP contribution in [0.3, 0.4) is 0 Å². The molecule has 7 nitrogen and oxygen atoms in total. The van der Waals surface area contributed by atoms with E-state index in [0.29, 0.717) is 11.3 Å². The van der Waals surface area contributed by atoms with E-state index in [1.165, 1.54) is 18.2 Å². The molecule has 8 heteroatoms. The molecule has 0 aliphatic heterocycles. The lowest BCUT2D eigenvalue weighted by Crippen LogP contribution is -2.16. The molecule has 4 aromatic rings. The van der Waals surface area contributed by atoms with Gasteiger partial charge < -0.3 is 20.2 Å². The highest BCUT2D eigenvalue weighted by Gasteiger charge is 2.15. The van der Waals surface area contributed by atoms with Gasteiger partial charge in [-0.05, 0) is 48.9 Å². The van der Waals surface area contributed by atoms with Crippen molar-refractivity contribution < 1.29 is 14.3 Å². The molecule has 0 spiro atoms. The molecule has 0 bridgehead atoms. The van der Waals surface area contributed by atoms with E-state index in [1.807, 2.05) is 35.9 Å². The van der Waals surface area contributed by atoms with E-state index in [9.17, 15) is 9.59 Å². The Kier molecular flexibility index (Phi) is 5.60. The van der Waals surface area contributed by atoms with Gasteiger partial charge in [0.25, 0.3) is 5.91 Å². The topological polar surface area (TPSA) is 98.7 Å². The summed E-state index contributed by atoms with van der Waals surface area (Å²) in [5.74, 6) is -0.639. The lowest BCUT2D eigenvalue weighted by Gasteiger charge is -2.12. The average Bonchev–Trinajstić information content (AvgIpc) is 3.18. The van der Waals surface area contributed by atoms with Crippen LogP contribution in [0.25, 0.3) is 5.65 Å². The van der Waals surface area contributed by atoms with Crippen molar-refractivity contribution in [3.63, 3.8) is 0 Å². The Bertz CT molecular complexity index is 1300. The first-order chi connectivity index (χ1) is 14.9. The van der Waals surface area contributed by atoms with Crippen LogP contribution in [0.2, 0.25) is 5.02 Å². The Morgan fingerprint density at radius 2 is 1.97 bits per heavy atom. The largest absolute Gasteiger partial charge is 0.486 e. The van der Waals surface area contributed by atoms with E-state index in [4.69, 9.17) is 22.1 Å². The molecule has 31 heavy (non-hydrogen) atoms. The van der Waals surface area contributed by atoms with Crippen molar-refractivity contribution >= 4 is 34.7 Å². The Morgan fingerprint density at radius 1 is 1.16 bits per heavy atom. The number of fused-ring (bicyclic) bond motifs is 1. The molecule has 156 valence electrons. The molecule has 2 aromatic carbocycles. The summed E-state index contributed by atoms with van der Waals surface area (Å²) < 4.78 is 7.83. The number of anilines is 1. The van der Waals surface area contributed by atoms with Crippen molar-refractivity contribution in [3.05, 3.63) is 94.4 Å². The number of benzene rings is 2.